The summed E-state index contributed by atoms with van der Waals surface area (Å²) in [7, 11) is -4.20. The van der Waals surface area contributed by atoms with Gasteiger partial charge in [0.2, 0.25) is 15.9 Å². The molecule has 1 aromatic heterocycles. The van der Waals surface area contributed by atoms with Crippen molar-refractivity contribution in [2.24, 2.45) is 0 Å². The van der Waals surface area contributed by atoms with Gasteiger partial charge in [-0.1, -0.05) is 29.3 Å². The molecule has 0 bridgehead atoms. The lowest BCUT2D eigenvalue weighted by molar-refractivity contribution is -0.136. The Bertz CT molecular complexity index is 2010. The van der Waals surface area contributed by atoms with Crippen LogP contribution in [0.3, 0.4) is 0 Å². The quantitative estimate of drug-likeness (QED) is 0.269. The number of benzene rings is 3. The van der Waals surface area contributed by atoms with Crippen molar-refractivity contribution >= 4 is 56.1 Å². The Labute approximate surface area is 282 Å². The zero-order chi connectivity index (χ0) is 33.3. The molecule has 14 heteroatoms. The fraction of sp³-hybridized carbons (Fsp3) is 0.303. The molecule has 0 unspecified atom stereocenters. The van der Waals surface area contributed by atoms with Crippen LogP contribution in [0.25, 0.3) is 11.0 Å². The van der Waals surface area contributed by atoms with Crippen molar-refractivity contribution in [2.75, 3.05) is 32.7 Å². The molecular weight excluding hydrogens is 663 g/mol. The third-order valence-corrected chi connectivity index (χ3v) is 11.2. The van der Waals surface area contributed by atoms with E-state index in [1.165, 1.54) is 16.4 Å². The summed E-state index contributed by atoms with van der Waals surface area (Å²) in [5.74, 6) is -0.0483. The molecule has 2 amide bonds. The van der Waals surface area contributed by atoms with E-state index in [1.54, 1.807) is 52.4 Å². The molecule has 0 saturated carbocycles. The summed E-state index contributed by atoms with van der Waals surface area (Å²) < 4.78 is 35.3. The highest BCUT2D eigenvalue weighted by molar-refractivity contribution is 7.89. The Morgan fingerprint density at radius 1 is 1.00 bits per heavy atom. The topological polar surface area (TPSA) is 137 Å². The summed E-state index contributed by atoms with van der Waals surface area (Å²) in [6.07, 6.45) is 2.53. The first kappa shape index (κ1) is 32.7. The van der Waals surface area contributed by atoms with Gasteiger partial charge in [-0.05, 0) is 68.3 Å². The van der Waals surface area contributed by atoms with Crippen LogP contribution in [0.4, 0.5) is 0 Å². The van der Waals surface area contributed by atoms with Crippen molar-refractivity contribution < 1.29 is 22.7 Å². The summed E-state index contributed by atoms with van der Waals surface area (Å²) >= 11 is 13.2. The van der Waals surface area contributed by atoms with Gasteiger partial charge in [-0.3, -0.25) is 14.6 Å². The maximum Gasteiger partial charge on any atom is 0.253 e. The first-order valence-corrected chi connectivity index (χ1v) is 17.2. The monoisotopic (exact) mass is 692 g/mol. The summed E-state index contributed by atoms with van der Waals surface area (Å²) in [4.78, 5) is 38.7. The second-order valence-corrected chi connectivity index (χ2v) is 14.0. The third-order valence-electron chi connectivity index (χ3n) is 8.39. The first-order valence-electron chi connectivity index (χ1n) is 15.0. The molecular formula is C33H30Cl2N6O5S. The van der Waals surface area contributed by atoms with Crippen LogP contribution < -0.4 is 4.74 Å². The van der Waals surface area contributed by atoms with Crippen LogP contribution in [-0.2, 0) is 21.4 Å². The molecule has 47 heavy (non-hydrogen) atoms. The van der Waals surface area contributed by atoms with E-state index in [2.05, 4.69) is 9.97 Å². The predicted octanol–water partition coefficient (Wildman–Crippen LogP) is 4.83. The average molecular weight is 694 g/mol. The van der Waals surface area contributed by atoms with Crippen LogP contribution in [0.15, 0.2) is 65.7 Å². The number of rotatable bonds is 7. The van der Waals surface area contributed by atoms with Crippen molar-refractivity contribution in [3.05, 3.63) is 93.2 Å². The van der Waals surface area contributed by atoms with Gasteiger partial charge in [-0.2, -0.15) is 9.57 Å². The van der Waals surface area contributed by atoms with Gasteiger partial charge in [0.05, 0.1) is 27.9 Å². The van der Waals surface area contributed by atoms with Gasteiger partial charge in [0.25, 0.3) is 5.91 Å². The van der Waals surface area contributed by atoms with E-state index in [0.29, 0.717) is 59.5 Å². The lowest BCUT2D eigenvalue weighted by Gasteiger charge is -2.37. The van der Waals surface area contributed by atoms with E-state index >= 15 is 0 Å². The Balaban J connectivity index is 1.16. The van der Waals surface area contributed by atoms with Crippen LogP contribution in [-0.4, -0.2) is 83.1 Å². The molecule has 2 aliphatic heterocycles. The molecule has 3 heterocycles. The molecule has 0 aliphatic carbocycles. The molecule has 0 N–H and O–H groups in total. The van der Waals surface area contributed by atoms with E-state index < -0.39 is 16.1 Å². The molecule has 0 radical (unpaired) electrons. The molecule has 6 rings (SSSR count). The number of aryl methyl sites for hydroxylation is 1. The van der Waals surface area contributed by atoms with E-state index in [-0.39, 0.29) is 58.6 Å². The maximum atomic E-state index is 14.0. The highest BCUT2D eigenvalue weighted by Crippen LogP contribution is 2.37. The number of ether oxygens (including phenoxy) is 1. The van der Waals surface area contributed by atoms with Crippen LogP contribution in [0.1, 0.15) is 40.0 Å². The molecule has 242 valence electrons. The van der Waals surface area contributed by atoms with Gasteiger partial charge in [-0.25, -0.2) is 13.4 Å². The summed E-state index contributed by atoms with van der Waals surface area (Å²) in [6, 6.07) is 15.7. The number of nitrogens with zero attached hydrogens (tertiary/aromatic N) is 6. The summed E-state index contributed by atoms with van der Waals surface area (Å²) in [6.45, 7) is 3.01. The lowest BCUT2D eigenvalue weighted by atomic mass is 10.1. The number of halogens is 2. The minimum Gasteiger partial charge on any atom is -0.486 e. The molecule has 1 atom stereocenters. The first-order chi connectivity index (χ1) is 22.6. The highest BCUT2D eigenvalue weighted by atomic mass is 35.5. The van der Waals surface area contributed by atoms with Gasteiger partial charge in [0, 0.05) is 55.1 Å². The van der Waals surface area contributed by atoms with Crippen molar-refractivity contribution in [1.29, 1.82) is 5.26 Å². The number of hydrogen-bond donors (Lipinski definition) is 0. The Kier molecular flexibility index (Phi) is 9.34. The standard InChI is InChI=1S/C33H30Cl2N6O5S/c1-21-19-37-26-4-2-6-28(31(26)38-21)46-20-24-25(34)11-12-29(30(24)35)47(44,45)41-13-3-5-27(41)33(43)40-16-14-39(15-17-40)32(42)23-9-7-22(18-36)8-10-23/h2,4,6-12,19,27H,3,5,13-17,20H2,1H3/t27-/m0/s1. The molecule has 4 aromatic rings. The van der Waals surface area contributed by atoms with Crippen LogP contribution >= 0.6 is 23.2 Å². The van der Waals surface area contributed by atoms with Crippen molar-refractivity contribution in [3.63, 3.8) is 0 Å². The number of hydrogen-bond acceptors (Lipinski definition) is 8. The van der Waals surface area contributed by atoms with Gasteiger partial charge in [-0.15, -0.1) is 0 Å². The molecule has 11 nitrogen and oxygen atoms in total. The molecule has 2 saturated heterocycles. The van der Waals surface area contributed by atoms with Gasteiger partial charge in [0.15, 0.2) is 0 Å². The minimum absolute atomic E-state index is 0.0759. The predicted molar refractivity (Wildman–Crippen MR) is 176 cm³/mol. The van der Waals surface area contributed by atoms with E-state index in [9.17, 15) is 18.0 Å². The van der Waals surface area contributed by atoms with Gasteiger partial charge in [0.1, 0.15) is 28.8 Å². The highest BCUT2D eigenvalue weighted by Gasteiger charge is 2.43. The zero-order valence-electron chi connectivity index (χ0n) is 25.4. The number of fused-ring (bicyclic) bond motifs is 1. The number of piperazine rings is 1. The second-order valence-electron chi connectivity index (χ2n) is 11.3. The SMILES string of the molecule is Cc1cnc2cccc(OCc3c(Cl)ccc(S(=O)(=O)N4CCC[C@H]4C(=O)N4CCN(C(=O)c5ccc(C#N)cc5)CC4)c3Cl)c2n1. The largest absolute Gasteiger partial charge is 0.486 e. The van der Waals surface area contributed by atoms with Gasteiger partial charge < -0.3 is 14.5 Å². The Hall–Kier alpha value is -4.28. The number of amides is 2. The fourth-order valence-electron chi connectivity index (χ4n) is 5.88. The second kappa shape index (κ2) is 13.4. The summed E-state index contributed by atoms with van der Waals surface area (Å²) in [5.41, 5.74) is 3.13. The fourth-order valence-corrected chi connectivity index (χ4v) is 8.40. The number of nitriles is 1. The van der Waals surface area contributed by atoms with Crippen molar-refractivity contribution in [1.82, 2.24) is 24.1 Å². The zero-order valence-corrected chi connectivity index (χ0v) is 27.7. The van der Waals surface area contributed by atoms with E-state index in [4.69, 9.17) is 33.2 Å². The molecule has 2 aliphatic rings. The van der Waals surface area contributed by atoms with Gasteiger partial charge >= 0.3 is 0 Å². The average Bonchev–Trinajstić information content (AvgIpc) is 3.59. The molecule has 0 spiro atoms. The summed E-state index contributed by atoms with van der Waals surface area (Å²) in [5, 5.41) is 9.17. The van der Waals surface area contributed by atoms with Crippen LogP contribution in [0.2, 0.25) is 10.0 Å². The smallest absolute Gasteiger partial charge is 0.253 e. The van der Waals surface area contributed by atoms with Crippen LogP contribution in [0, 0.1) is 18.3 Å². The van der Waals surface area contributed by atoms with Crippen molar-refractivity contribution in [2.45, 2.75) is 37.3 Å². The number of aromatic nitrogens is 2. The van der Waals surface area contributed by atoms with Crippen molar-refractivity contribution in [3.8, 4) is 11.8 Å². The molecule has 2 fully saturated rings. The minimum atomic E-state index is -4.20. The number of carbonyl (C=O) groups excluding carboxylic acids is 2. The lowest BCUT2D eigenvalue weighted by Crippen LogP contribution is -2.55. The third kappa shape index (κ3) is 6.49. The maximum absolute atomic E-state index is 14.0. The van der Waals surface area contributed by atoms with Crippen LogP contribution in [0.5, 0.6) is 5.75 Å². The number of para-hydroxylation sites is 1. The Morgan fingerprint density at radius 2 is 1.72 bits per heavy atom. The molecule has 3 aromatic carbocycles. The van der Waals surface area contributed by atoms with E-state index in [0.717, 1.165) is 0 Å². The normalized spacial score (nSPS) is 17.1. The number of carbonyl (C=O) groups is 2. The van der Waals surface area contributed by atoms with E-state index in [1.807, 2.05) is 19.1 Å². The Morgan fingerprint density at radius 3 is 2.45 bits per heavy atom. The number of sulfonamides is 1.